The normalized spacial score (nSPS) is 22.2. The Hall–Kier alpha value is -1.26. The van der Waals surface area contributed by atoms with Gasteiger partial charge in [0.25, 0.3) is 0 Å². The zero-order chi connectivity index (χ0) is 21.2. The fourth-order valence-corrected chi connectivity index (χ4v) is 5.55. The molecular formula is C19H28ClFN4O3S. The van der Waals surface area contributed by atoms with Gasteiger partial charge in [0.15, 0.2) is 0 Å². The molecule has 1 aromatic rings. The number of rotatable bonds is 5. The van der Waals surface area contributed by atoms with Gasteiger partial charge in [-0.15, -0.1) is 0 Å². The Labute approximate surface area is 177 Å². The van der Waals surface area contributed by atoms with E-state index in [0.717, 1.165) is 38.1 Å². The summed E-state index contributed by atoms with van der Waals surface area (Å²) in [4.78, 5) is 18.8. The number of likely N-dealkylation sites (N-methyl/N-ethyl adjacent to an activating group) is 1. The first-order chi connectivity index (χ1) is 13.7. The first-order valence-electron chi connectivity index (χ1n) is 9.80. The van der Waals surface area contributed by atoms with Gasteiger partial charge in [0.05, 0.1) is 16.5 Å². The van der Waals surface area contributed by atoms with Crippen LogP contribution in [-0.2, 0) is 14.8 Å². The summed E-state index contributed by atoms with van der Waals surface area (Å²) >= 11 is 5.73. The predicted molar refractivity (Wildman–Crippen MR) is 110 cm³/mol. The molecule has 0 bridgehead atoms. The summed E-state index contributed by atoms with van der Waals surface area (Å²) in [5, 5.41) is -0.225. The van der Waals surface area contributed by atoms with Crippen molar-refractivity contribution in [3.8, 4) is 0 Å². The maximum atomic E-state index is 13.3. The average molecular weight is 447 g/mol. The SMILES string of the molecule is CN(C)C1CCCN(CC(=O)N2CCN(S(=O)(=O)c3ccc(F)c(Cl)c3)CC2)C1. The zero-order valence-electron chi connectivity index (χ0n) is 16.9. The Kier molecular flexibility index (Phi) is 7.16. The summed E-state index contributed by atoms with van der Waals surface area (Å²) in [5.74, 6) is -0.624. The lowest BCUT2D eigenvalue weighted by Crippen LogP contribution is -2.54. The van der Waals surface area contributed by atoms with E-state index in [4.69, 9.17) is 11.6 Å². The van der Waals surface area contributed by atoms with Crippen LogP contribution < -0.4 is 0 Å². The van der Waals surface area contributed by atoms with Crippen molar-refractivity contribution in [1.82, 2.24) is 19.0 Å². The highest BCUT2D eigenvalue weighted by Gasteiger charge is 2.31. The lowest BCUT2D eigenvalue weighted by atomic mass is 10.0. The summed E-state index contributed by atoms with van der Waals surface area (Å²) in [7, 11) is 0.353. The number of carbonyl (C=O) groups is 1. The van der Waals surface area contributed by atoms with Gasteiger partial charge in [0, 0.05) is 38.8 Å². The Morgan fingerprint density at radius 3 is 2.52 bits per heavy atom. The summed E-state index contributed by atoms with van der Waals surface area (Å²) in [6, 6.07) is 3.85. The third kappa shape index (κ3) is 5.27. The number of nitrogens with zero attached hydrogens (tertiary/aromatic N) is 4. The quantitative estimate of drug-likeness (QED) is 0.683. The molecule has 0 spiro atoms. The molecule has 29 heavy (non-hydrogen) atoms. The summed E-state index contributed by atoms with van der Waals surface area (Å²) in [6.07, 6.45) is 2.21. The number of carbonyl (C=O) groups excluding carboxylic acids is 1. The molecule has 0 radical (unpaired) electrons. The van der Waals surface area contributed by atoms with Gasteiger partial charge in [-0.05, 0) is 51.7 Å². The highest BCUT2D eigenvalue weighted by molar-refractivity contribution is 7.89. The fourth-order valence-electron chi connectivity index (χ4n) is 3.85. The minimum atomic E-state index is -3.77. The Morgan fingerprint density at radius 1 is 1.21 bits per heavy atom. The van der Waals surface area contributed by atoms with Crippen molar-refractivity contribution < 1.29 is 17.6 Å². The number of halogens is 2. The van der Waals surface area contributed by atoms with Crippen LogP contribution in [0.15, 0.2) is 23.1 Å². The molecule has 0 N–H and O–H groups in total. The molecule has 2 aliphatic heterocycles. The van der Waals surface area contributed by atoms with E-state index in [1.165, 1.54) is 10.4 Å². The summed E-state index contributed by atoms with van der Waals surface area (Å²) in [6.45, 7) is 3.27. The third-order valence-electron chi connectivity index (χ3n) is 5.69. The second-order valence-electron chi connectivity index (χ2n) is 7.86. The molecule has 2 fully saturated rings. The van der Waals surface area contributed by atoms with Crippen LogP contribution in [0, 0.1) is 5.82 Å². The van der Waals surface area contributed by atoms with Gasteiger partial charge in [0.2, 0.25) is 15.9 Å². The molecule has 1 unspecified atom stereocenters. The molecule has 1 aromatic carbocycles. The second-order valence-corrected chi connectivity index (χ2v) is 10.2. The van der Waals surface area contributed by atoms with Gasteiger partial charge >= 0.3 is 0 Å². The van der Waals surface area contributed by atoms with E-state index < -0.39 is 15.8 Å². The largest absolute Gasteiger partial charge is 0.339 e. The minimum absolute atomic E-state index is 0.0336. The van der Waals surface area contributed by atoms with E-state index in [2.05, 4.69) is 23.9 Å². The van der Waals surface area contributed by atoms with Crippen LogP contribution >= 0.6 is 11.6 Å². The molecule has 0 aromatic heterocycles. The number of hydrogen-bond donors (Lipinski definition) is 0. The Balaban J connectivity index is 1.55. The monoisotopic (exact) mass is 446 g/mol. The molecule has 10 heteroatoms. The molecule has 0 aliphatic carbocycles. The van der Waals surface area contributed by atoms with Crippen molar-refractivity contribution in [2.45, 2.75) is 23.8 Å². The maximum Gasteiger partial charge on any atom is 0.243 e. The number of amides is 1. The van der Waals surface area contributed by atoms with E-state index in [1.807, 2.05) is 0 Å². The van der Waals surface area contributed by atoms with Crippen LogP contribution in [-0.4, -0.2) is 99.3 Å². The number of sulfonamides is 1. The van der Waals surface area contributed by atoms with Crippen molar-refractivity contribution in [2.75, 3.05) is 59.9 Å². The highest BCUT2D eigenvalue weighted by Crippen LogP contribution is 2.23. The van der Waals surface area contributed by atoms with Crippen molar-refractivity contribution in [2.24, 2.45) is 0 Å². The number of benzene rings is 1. The first kappa shape index (κ1) is 22.4. The molecule has 162 valence electrons. The molecule has 2 heterocycles. The van der Waals surface area contributed by atoms with Gasteiger partial charge in [-0.2, -0.15) is 4.31 Å². The van der Waals surface area contributed by atoms with Gasteiger partial charge in [-0.3, -0.25) is 9.69 Å². The molecular weight excluding hydrogens is 419 g/mol. The molecule has 1 amide bonds. The number of piperidine rings is 1. The summed E-state index contributed by atoms with van der Waals surface area (Å²) < 4.78 is 40.2. The average Bonchev–Trinajstić information content (AvgIpc) is 2.70. The van der Waals surface area contributed by atoms with Crippen molar-refractivity contribution >= 4 is 27.5 Å². The maximum absolute atomic E-state index is 13.3. The number of likely N-dealkylation sites (tertiary alicyclic amines) is 1. The molecule has 0 saturated carbocycles. The smallest absolute Gasteiger partial charge is 0.243 e. The van der Waals surface area contributed by atoms with Crippen LogP contribution in [0.25, 0.3) is 0 Å². The van der Waals surface area contributed by atoms with Crippen LogP contribution in [0.4, 0.5) is 4.39 Å². The lowest BCUT2D eigenvalue weighted by Gasteiger charge is -2.38. The van der Waals surface area contributed by atoms with E-state index in [9.17, 15) is 17.6 Å². The first-order valence-corrected chi connectivity index (χ1v) is 11.6. The van der Waals surface area contributed by atoms with Gasteiger partial charge < -0.3 is 9.80 Å². The topological polar surface area (TPSA) is 64.2 Å². The number of piperazine rings is 1. The molecule has 1 atom stereocenters. The number of hydrogen-bond acceptors (Lipinski definition) is 5. The van der Waals surface area contributed by atoms with Gasteiger partial charge in [0.1, 0.15) is 5.82 Å². The zero-order valence-corrected chi connectivity index (χ0v) is 18.4. The van der Waals surface area contributed by atoms with E-state index in [0.29, 0.717) is 25.7 Å². The van der Waals surface area contributed by atoms with E-state index in [-0.39, 0.29) is 28.9 Å². The van der Waals surface area contributed by atoms with E-state index >= 15 is 0 Å². The Bertz CT molecular complexity index is 844. The third-order valence-corrected chi connectivity index (χ3v) is 7.87. The van der Waals surface area contributed by atoms with Crippen molar-refractivity contribution in [1.29, 1.82) is 0 Å². The van der Waals surface area contributed by atoms with Crippen LogP contribution in [0.5, 0.6) is 0 Å². The molecule has 7 nitrogen and oxygen atoms in total. The predicted octanol–water partition coefficient (Wildman–Crippen LogP) is 1.34. The standard InChI is InChI=1S/C19H28ClFN4O3S/c1-22(2)15-4-3-7-23(13-15)14-19(26)24-8-10-25(11-9-24)29(27,28)16-5-6-18(21)17(20)12-16/h5-6,12,15H,3-4,7-11,13-14H2,1-2H3. The van der Waals surface area contributed by atoms with E-state index in [1.54, 1.807) is 4.90 Å². The van der Waals surface area contributed by atoms with Crippen molar-refractivity contribution in [3.05, 3.63) is 29.0 Å². The lowest BCUT2D eigenvalue weighted by molar-refractivity contribution is -0.134. The van der Waals surface area contributed by atoms with Crippen molar-refractivity contribution in [3.63, 3.8) is 0 Å². The molecule has 2 aliphatic rings. The highest BCUT2D eigenvalue weighted by atomic mass is 35.5. The molecule has 3 rings (SSSR count). The minimum Gasteiger partial charge on any atom is -0.339 e. The fraction of sp³-hybridized carbons (Fsp3) is 0.632. The van der Waals surface area contributed by atoms with Crippen LogP contribution in [0.2, 0.25) is 5.02 Å². The molecule has 2 saturated heterocycles. The van der Waals surface area contributed by atoms with Crippen LogP contribution in [0.1, 0.15) is 12.8 Å². The van der Waals surface area contributed by atoms with Gasteiger partial charge in [-0.25, -0.2) is 12.8 Å². The summed E-state index contributed by atoms with van der Waals surface area (Å²) in [5.41, 5.74) is 0. The van der Waals surface area contributed by atoms with Crippen LogP contribution in [0.3, 0.4) is 0 Å². The second kappa shape index (κ2) is 9.26. The van der Waals surface area contributed by atoms with Gasteiger partial charge in [-0.1, -0.05) is 11.6 Å². The Morgan fingerprint density at radius 2 is 1.90 bits per heavy atom.